The van der Waals surface area contributed by atoms with Gasteiger partial charge in [0.25, 0.3) is 0 Å². The van der Waals surface area contributed by atoms with E-state index in [-0.39, 0.29) is 30.5 Å². The average Bonchev–Trinajstić information content (AvgIpc) is 3.08. The zero-order valence-electron chi connectivity index (χ0n) is 19.3. The van der Waals surface area contributed by atoms with Crippen LogP contribution in [-0.2, 0) is 23.7 Å². The Kier molecular flexibility index (Phi) is 11.8. The van der Waals surface area contributed by atoms with Gasteiger partial charge in [-0.1, -0.05) is 32.1 Å². The van der Waals surface area contributed by atoms with Crippen molar-refractivity contribution >= 4 is 6.29 Å². The zero-order chi connectivity index (χ0) is 21.7. The minimum atomic E-state index is -0.433. The molecule has 2 unspecified atom stereocenters. The third kappa shape index (κ3) is 8.73. The number of carbonyl (C=O) groups is 1. The van der Waals surface area contributed by atoms with E-state index < -0.39 is 6.10 Å². The number of aliphatic hydroxyl groups is 1. The Hall–Kier alpha value is -0.530. The highest BCUT2D eigenvalue weighted by atomic mass is 16.7. The van der Waals surface area contributed by atoms with Crippen molar-refractivity contribution < 1.29 is 28.8 Å². The SMILES string of the molecule is O=CC[C@@H]1[C@@H](CCCCCCCCOC2CCCCO2)[C@H](OC2CCCCO2)C[C@@H]1O. The van der Waals surface area contributed by atoms with E-state index in [1.165, 1.54) is 32.1 Å². The summed E-state index contributed by atoms with van der Waals surface area (Å²) >= 11 is 0. The van der Waals surface area contributed by atoms with E-state index in [9.17, 15) is 9.90 Å². The first-order valence-electron chi connectivity index (χ1n) is 12.9. The van der Waals surface area contributed by atoms with Gasteiger partial charge in [-0.05, 0) is 63.2 Å². The molecule has 0 aromatic rings. The third-order valence-electron chi connectivity index (χ3n) is 7.20. The Balaban J connectivity index is 1.28. The molecule has 3 aliphatic rings. The first-order chi connectivity index (χ1) is 15.3. The summed E-state index contributed by atoms with van der Waals surface area (Å²) in [5, 5.41) is 10.5. The van der Waals surface area contributed by atoms with Crippen molar-refractivity contribution in [3.8, 4) is 0 Å². The minimum absolute atomic E-state index is 0.0159. The van der Waals surface area contributed by atoms with E-state index in [4.69, 9.17) is 18.9 Å². The van der Waals surface area contributed by atoms with Gasteiger partial charge in [0.1, 0.15) is 6.29 Å². The molecule has 31 heavy (non-hydrogen) atoms. The number of aliphatic hydroxyl groups excluding tert-OH is 1. The molecule has 2 saturated heterocycles. The predicted octanol–water partition coefficient (Wildman–Crippen LogP) is 4.76. The second-order valence-corrected chi connectivity index (χ2v) is 9.58. The van der Waals surface area contributed by atoms with E-state index in [1.54, 1.807) is 0 Å². The zero-order valence-corrected chi connectivity index (χ0v) is 19.3. The Morgan fingerprint density at radius 2 is 1.52 bits per heavy atom. The maximum absolute atomic E-state index is 11.2. The Labute approximate surface area is 188 Å². The molecular formula is C25H44O6. The maximum atomic E-state index is 11.2. The van der Waals surface area contributed by atoms with Gasteiger partial charge in [0.2, 0.25) is 0 Å². The van der Waals surface area contributed by atoms with Crippen LogP contribution in [0, 0.1) is 11.8 Å². The number of hydrogen-bond donors (Lipinski definition) is 1. The summed E-state index contributed by atoms with van der Waals surface area (Å²) in [6.07, 6.45) is 16.2. The summed E-state index contributed by atoms with van der Waals surface area (Å²) in [4.78, 5) is 11.2. The summed E-state index contributed by atoms with van der Waals surface area (Å²) in [6.45, 7) is 2.41. The van der Waals surface area contributed by atoms with Crippen LogP contribution in [0.4, 0.5) is 0 Å². The number of ether oxygens (including phenoxy) is 4. The molecule has 6 heteroatoms. The van der Waals surface area contributed by atoms with Crippen molar-refractivity contribution in [2.45, 2.75) is 121 Å². The van der Waals surface area contributed by atoms with Gasteiger partial charge in [0.05, 0.1) is 12.2 Å². The molecule has 0 bridgehead atoms. The van der Waals surface area contributed by atoms with Gasteiger partial charge in [-0.2, -0.15) is 0 Å². The Morgan fingerprint density at radius 1 is 0.839 bits per heavy atom. The van der Waals surface area contributed by atoms with Crippen LogP contribution in [0.2, 0.25) is 0 Å². The number of hydrogen-bond acceptors (Lipinski definition) is 6. The highest BCUT2D eigenvalue weighted by molar-refractivity contribution is 5.50. The molecular weight excluding hydrogens is 396 g/mol. The van der Waals surface area contributed by atoms with E-state index >= 15 is 0 Å². The highest BCUT2D eigenvalue weighted by Gasteiger charge is 2.43. The van der Waals surface area contributed by atoms with Crippen LogP contribution < -0.4 is 0 Å². The summed E-state index contributed by atoms with van der Waals surface area (Å²) in [7, 11) is 0. The van der Waals surface area contributed by atoms with Crippen molar-refractivity contribution in [1.29, 1.82) is 0 Å². The minimum Gasteiger partial charge on any atom is -0.393 e. The molecule has 0 aromatic heterocycles. The monoisotopic (exact) mass is 440 g/mol. The van der Waals surface area contributed by atoms with Crippen LogP contribution >= 0.6 is 0 Å². The Bertz CT molecular complexity index is 475. The van der Waals surface area contributed by atoms with E-state index in [1.807, 2.05) is 0 Å². The normalized spacial score (nSPS) is 34.1. The first kappa shape index (κ1) is 25.1. The second kappa shape index (κ2) is 14.6. The van der Waals surface area contributed by atoms with Gasteiger partial charge in [0, 0.05) is 32.7 Å². The number of carbonyl (C=O) groups excluding carboxylic acids is 1. The van der Waals surface area contributed by atoms with Crippen LogP contribution in [-0.4, -0.2) is 56.0 Å². The van der Waals surface area contributed by atoms with Gasteiger partial charge in [-0.3, -0.25) is 0 Å². The lowest BCUT2D eigenvalue weighted by molar-refractivity contribution is -0.196. The molecule has 2 aliphatic heterocycles. The predicted molar refractivity (Wildman–Crippen MR) is 119 cm³/mol. The standard InChI is InChI=1S/C25H44O6/c26-15-14-20-21(23(19-22(20)27)31-25-13-7-10-18-30-25)11-5-3-1-2-4-8-16-28-24-12-6-9-17-29-24/h15,20-25,27H,1-14,16-19H2/t20-,21-,22+,23-,24?,25?/m1/s1. The smallest absolute Gasteiger partial charge is 0.157 e. The maximum Gasteiger partial charge on any atom is 0.157 e. The molecule has 0 radical (unpaired) electrons. The molecule has 2 heterocycles. The molecule has 0 amide bonds. The molecule has 1 saturated carbocycles. The lowest BCUT2D eigenvalue weighted by Crippen LogP contribution is -2.31. The van der Waals surface area contributed by atoms with Gasteiger partial charge in [0.15, 0.2) is 12.6 Å². The van der Waals surface area contributed by atoms with Crippen LogP contribution in [0.15, 0.2) is 0 Å². The molecule has 1 N–H and O–H groups in total. The van der Waals surface area contributed by atoms with Gasteiger partial charge in [-0.15, -0.1) is 0 Å². The summed E-state index contributed by atoms with van der Waals surface area (Å²) in [5.41, 5.74) is 0. The fraction of sp³-hybridized carbons (Fsp3) is 0.960. The summed E-state index contributed by atoms with van der Waals surface area (Å²) in [5.74, 6) is 0.292. The lowest BCUT2D eigenvalue weighted by Gasteiger charge is -2.30. The highest BCUT2D eigenvalue weighted by Crippen LogP contribution is 2.40. The molecule has 1 aliphatic carbocycles. The van der Waals surface area contributed by atoms with Gasteiger partial charge >= 0.3 is 0 Å². The van der Waals surface area contributed by atoms with Crippen molar-refractivity contribution in [3.63, 3.8) is 0 Å². The Morgan fingerprint density at radius 3 is 2.19 bits per heavy atom. The van der Waals surface area contributed by atoms with Crippen LogP contribution in [0.25, 0.3) is 0 Å². The van der Waals surface area contributed by atoms with Crippen molar-refractivity contribution in [2.75, 3.05) is 19.8 Å². The number of aldehydes is 1. The van der Waals surface area contributed by atoms with E-state index in [2.05, 4.69) is 0 Å². The van der Waals surface area contributed by atoms with E-state index in [0.29, 0.717) is 12.8 Å². The third-order valence-corrected chi connectivity index (χ3v) is 7.20. The molecule has 180 valence electrons. The molecule has 3 rings (SSSR count). The van der Waals surface area contributed by atoms with Crippen LogP contribution in [0.5, 0.6) is 0 Å². The van der Waals surface area contributed by atoms with Crippen molar-refractivity contribution in [3.05, 3.63) is 0 Å². The van der Waals surface area contributed by atoms with Gasteiger partial charge < -0.3 is 28.8 Å². The van der Waals surface area contributed by atoms with Gasteiger partial charge in [-0.25, -0.2) is 0 Å². The van der Waals surface area contributed by atoms with Crippen LogP contribution in [0.1, 0.15) is 96.3 Å². The van der Waals surface area contributed by atoms with Crippen molar-refractivity contribution in [1.82, 2.24) is 0 Å². The van der Waals surface area contributed by atoms with E-state index in [0.717, 1.165) is 77.5 Å². The molecule has 0 spiro atoms. The average molecular weight is 441 g/mol. The first-order valence-corrected chi connectivity index (χ1v) is 12.9. The molecule has 3 fully saturated rings. The fourth-order valence-corrected chi connectivity index (χ4v) is 5.41. The summed E-state index contributed by atoms with van der Waals surface area (Å²) in [6, 6.07) is 0. The molecule has 6 nitrogen and oxygen atoms in total. The topological polar surface area (TPSA) is 74.2 Å². The quantitative estimate of drug-likeness (QED) is 0.310. The second-order valence-electron chi connectivity index (χ2n) is 9.58. The molecule has 6 atom stereocenters. The number of unbranched alkanes of at least 4 members (excludes halogenated alkanes) is 5. The van der Waals surface area contributed by atoms with Crippen LogP contribution in [0.3, 0.4) is 0 Å². The summed E-state index contributed by atoms with van der Waals surface area (Å²) < 4.78 is 23.4. The van der Waals surface area contributed by atoms with Crippen molar-refractivity contribution in [2.24, 2.45) is 11.8 Å². The largest absolute Gasteiger partial charge is 0.393 e. The number of rotatable bonds is 14. The fourth-order valence-electron chi connectivity index (χ4n) is 5.41. The lowest BCUT2D eigenvalue weighted by atomic mass is 9.86. The molecule has 0 aromatic carbocycles.